The van der Waals surface area contributed by atoms with E-state index in [0.717, 1.165) is 0 Å². The Morgan fingerprint density at radius 1 is 1.43 bits per heavy atom. The molecule has 0 saturated carbocycles. The van der Waals surface area contributed by atoms with Crippen molar-refractivity contribution in [3.05, 3.63) is 56.2 Å². The third kappa shape index (κ3) is 3.99. The monoisotopic (exact) mass is 425 g/mol. The highest BCUT2D eigenvalue weighted by molar-refractivity contribution is 6.42. The number of fused-ring (bicyclic) bond motifs is 1. The largest absolute Gasteiger partial charge is 0.489 e. The van der Waals surface area contributed by atoms with E-state index in [0.29, 0.717) is 10.8 Å². The van der Waals surface area contributed by atoms with Gasteiger partial charge in [-0.3, -0.25) is 9.59 Å². The van der Waals surface area contributed by atoms with E-state index in [4.69, 9.17) is 32.4 Å². The number of hydrogen-bond donors (Lipinski definition) is 2. The quantitative estimate of drug-likeness (QED) is 0.627. The molecule has 0 bridgehead atoms. The third-order valence-electron chi connectivity index (χ3n) is 4.02. The zero-order chi connectivity index (χ0) is 20.4. The maximum atomic E-state index is 12.5. The Morgan fingerprint density at radius 2 is 2.18 bits per heavy atom. The standard InChI is InChI=1S/C18H17Cl2N3O5/c1-9-13(14-17(28-9)22-8-23(2)18(14)26)16(25)21-6-10(24)7-27-12-5-3-4-11(19)15(12)20/h3-5,8,10,24H,6-7H2,1-2H3,(H,21,25). The van der Waals surface area contributed by atoms with Crippen molar-refractivity contribution in [2.75, 3.05) is 13.2 Å². The van der Waals surface area contributed by atoms with Gasteiger partial charge in [0, 0.05) is 13.6 Å². The first-order valence-corrected chi connectivity index (χ1v) is 9.03. The highest BCUT2D eigenvalue weighted by Gasteiger charge is 2.23. The maximum absolute atomic E-state index is 12.5. The van der Waals surface area contributed by atoms with Crippen LogP contribution in [0.15, 0.2) is 33.7 Å². The summed E-state index contributed by atoms with van der Waals surface area (Å²) in [5, 5.41) is 13.3. The summed E-state index contributed by atoms with van der Waals surface area (Å²) in [6.07, 6.45) is 0.301. The number of furan rings is 1. The number of aliphatic hydroxyl groups excluding tert-OH is 1. The van der Waals surface area contributed by atoms with Crippen LogP contribution in [0.5, 0.6) is 5.75 Å². The van der Waals surface area contributed by atoms with E-state index in [2.05, 4.69) is 10.3 Å². The molecule has 0 aliphatic carbocycles. The molecule has 0 spiro atoms. The summed E-state index contributed by atoms with van der Waals surface area (Å²) < 4.78 is 12.1. The number of aliphatic hydroxyl groups is 1. The van der Waals surface area contributed by atoms with Crippen LogP contribution in [-0.4, -0.2) is 39.8 Å². The molecule has 1 aromatic carbocycles. The molecule has 1 amide bonds. The number of aromatic nitrogens is 2. The highest BCUT2D eigenvalue weighted by Crippen LogP contribution is 2.31. The number of amides is 1. The lowest BCUT2D eigenvalue weighted by Gasteiger charge is -2.14. The molecule has 1 unspecified atom stereocenters. The lowest BCUT2D eigenvalue weighted by Crippen LogP contribution is -2.36. The smallest absolute Gasteiger partial charge is 0.265 e. The minimum absolute atomic E-state index is 0.0882. The van der Waals surface area contributed by atoms with Gasteiger partial charge in [-0.1, -0.05) is 29.3 Å². The van der Waals surface area contributed by atoms with E-state index < -0.39 is 17.6 Å². The number of ether oxygens (including phenoxy) is 1. The molecule has 28 heavy (non-hydrogen) atoms. The Balaban J connectivity index is 1.66. The van der Waals surface area contributed by atoms with Crippen LogP contribution < -0.4 is 15.6 Å². The van der Waals surface area contributed by atoms with Crippen molar-refractivity contribution in [1.29, 1.82) is 0 Å². The van der Waals surface area contributed by atoms with Gasteiger partial charge >= 0.3 is 0 Å². The molecule has 2 N–H and O–H groups in total. The molecular weight excluding hydrogens is 409 g/mol. The number of carbonyl (C=O) groups is 1. The first-order valence-electron chi connectivity index (χ1n) is 8.27. The van der Waals surface area contributed by atoms with Crippen molar-refractivity contribution in [3.63, 3.8) is 0 Å². The average molecular weight is 426 g/mol. The molecule has 0 radical (unpaired) electrons. The summed E-state index contributed by atoms with van der Waals surface area (Å²) >= 11 is 11.9. The van der Waals surface area contributed by atoms with Crippen molar-refractivity contribution >= 4 is 40.2 Å². The second-order valence-electron chi connectivity index (χ2n) is 6.10. The number of benzene rings is 1. The van der Waals surface area contributed by atoms with Crippen LogP contribution in [0.25, 0.3) is 11.1 Å². The van der Waals surface area contributed by atoms with Gasteiger partial charge in [0.2, 0.25) is 5.71 Å². The molecule has 0 aliphatic heterocycles. The van der Waals surface area contributed by atoms with Crippen LogP contribution in [-0.2, 0) is 7.05 Å². The SMILES string of the molecule is Cc1oc2ncn(C)c(=O)c2c1C(=O)NCC(O)COc1cccc(Cl)c1Cl. The molecular formula is C18H17Cl2N3O5. The van der Waals surface area contributed by atoms with Crippen molar-refractivity contribution < 1.29 is 19.1 Å². The number of nitrogens with zero attached hydrogens (tertiary/aromatic N) is 2. The zero-order valence-electron chi connectivity index (χ0n) is 15.0. The summed E-state index contributed by atoms with van der Waals surface area (Å²) in [6.45, 7) is 1.34. The molecule has 148 valence electrons. The van der Waals surface area contributed by atoms with Crippen LogP contribution in [0.3, 0.4) is 0 Å². The van der Waals surface area contributed by atoms with E-state index in [1.165, 1.54) is 17.9 Å². The van der Waals surface area contributed by atoms with E-state index in [1.54, 1.807) is 25.1 Å². The first-order chi connectivity index (χ1) is 13.3. The van der Waals surface area contributed by atoms with Crippen molar-refractivity contribution in [3.8, 4) is 5.75 Å². The number of rotatable bonds is 6. The van der Waals surface area contributed by atoms with E-state index in [-0.39, 0.29) is 40.6 Å². The van der Waals surface area contributed by atoms with Crippen LogP contribution in [0.2, 0.25) is 10.0 Å². The summed E-state index contributed by atoms with van der Waals surface area (Å²) in [6, 6.07) is 4.90. The summed E-state index contributed by atoms with van der Waals surface area (Å²) in [5.74, 6) is 0.0340. The van der Waals surface area contributed by atoms with Crippen molar-refractivity contribution in [2.45, 2.75) is 13.0 Å². The predicted molar refractivity (Wildman–Crippen MR) is 104 cm³/mol. The van der Waals surface area contributed by atoms with Crippen LogP contribution in [0.1, 0.15) is 16.1 Å². The number of hydrogen-bond acceptors (Lipinski definition) is 6. The van der Waals surface area contributed by atoms with Crippen LogP contribution in [0.4, 0.5) is 0 Å². The third-order valence-corrected chi connectivity index (χ3v) is 4.82. The highest BCUT2D eigenvalue weighted by atomic mass is 35.5. The summed E-state index contributed by atoms with van der Waals surface area (Å²) in [4.78, 5) is 28.9. The van der Waals surface area contributed by atoms with Crippen LogP contribution >= 0.6 is 23.2 Å². The fourth-order valence-corrected chi connectivity index (χ4v) is 2.95. The Morgan fingerprint density at radius 3 is 2.93 bits per heavy atom. The number of carbonyl (C=O) groups excluding carboxylic acids is 1. The Hall–Kier alpha value is -2.55. The maximum Gasteiger partial charge on any atom is 0.265 e. The minimum Gasteiger partial charge on any atom is -0.489 e. The van der Waals surface area contributed by atoms with Crippen LogP contribution in [0, 0.1) is 6.92 Å². The Labute approximate surface area is 169 Å². The number of nitrogens with one attached hydrogen (secondary N) is 1. The topological polar surface area (TPSA) is 107 Å². The minimum atomic E-state index is -1.02. The second-order valence-corrected chi connectivity index (χ2v) is 6.89. The first kappa shape index (κ1) is 20.2. The van der Waals surface area contributed by atoms with Gasteiger partial charge in [-0.2, -0.15) is 0 Å². The molecule has 0 saturated heterocycles. The van der Waals surface area contributed by atoms with Gasteiger partial charge in [0.05, 0.1) is 10.6 Å². The molecule has 8 nitrogen and oxygen atoms in total. The van der Waals surface area contributed by atoms with E-state index in [1.807, 2.05) is 0 Å². The van der Waals surface area contributed by atoms with Gasteiger partial charge in [-0.05, 0) is 19.1 Å². The molecule has 1 atom stereocenters. The fraction of sp³-hybridized carbons (Fsp3) is 0.278. The zero-order valence-corrected chi connectivity index (χ0v) is 16.5. The summed E-state index contributed by atoms with van der Waals surface area (Å²) in [5.41, 5.74) is -0.216. The van der Waals surface area contributed by atoms with Crippen molar-refractivity contribution in [1.82, 2.24) is 14.9 Å². The molecule has 2 aromatic heterocycles. The lowest BCUT2D eigenvalue weighted by molar-refractivity contribution is 0.0843. The molecule has 0 fully saturated rings. The normalized spacial score (nSPS) is 12.2. The predicted octanol–water partition coefficient (Wildman–Crippen LogP) is 2.31. The van der Waals surface area contributed by atoms with E-state index >= 15 is 0 Å². The lowest BCUT2D eigenvalue weighted by atomic mass is 10.1. The number of halogens is 2. The van der Waals surface area contributed by atoms with E-state index in [9.17, 15) is 14.7 Å². The van der Waals surface area contributed by atoms with Gasteiger partial charge in [0.15, 0.2) is 0 Å². The number of aryl methyl sites for hydroxylation is 2. The molecule has 10 heteroatoms. The Kier molecular flexibility index (Phi) is 5.93. The van der Waals surface area contributed by atoms with Gasteiger partial charge in [-0.25, -0.2) is 4.98 Å². The summed E-state index contributed by atoms with van der Waals surface area (Å²) in [7, 11) is 1.53. The Bertz CT molecular complexity index is 1090. The fourth-order valence-electron chi connectivity index (χ4n) is 2.60. The van der Waals surface area contributed by atoms with Gasteiger partial charge in [0.25, 0.3) is 11.5 Å². The molecule has 0 aliphatic rings. The average Bonchev–Trinajstić information content (AvgIpc) is 3.01. The molecule has 3 aromatic rings. The second kappa shape index (κ2) is 8.22. The van der Waals surface area contributed by atoms with Gasteiger partial charge < -0.3 is 24.1 Å². The van der Waals surface area contributed by atoms with Gasteiger partial charge in [0.1, 0.15) is 41.0 Å². The van der Waals surface area contributed by atoms with Crippen molar-refractivity contribution in [2.24, 2.45) is 7.05 Å². The molecule has 2 heterocycles. The molecule has 3 rings (SSSR count). The van der Waals surface area contributed by atoms with Gasteiger partial charge in [-0.15, -0.1) is 0 Å².